The van der Waals surface area contributed by atoms with Gasteiger partial charge in [0, 0.05) is 5.69 Å². The summed E-state index contributed by atoms with van der Waals surface area (Å²) in [6, 6.07) is 19.5. The maximum Gasteiger partial charge on any atom is 0.259 e. The molecule has 2 aromatic carbocycles. The summed E-state index contributed by atoms with van der Waals surface area (Å²) in [5, 5.41) is 7.07. The van der Waals surface area contributed by atoms with E-state index in [4.69, 9.17) is 0 Å². The molecule has 0 heterocycles. The van der Waals surface area contributed by atoms with E-state index in [0.29, 0.717) is 0 Å². The normalized spacial score (nSPS) is 11.4. The molecule has 4 heteroatoms. The predicted molar refractivity (Wildman–Crippen MR) is 91.7 cm³/mol. The number of hydrogen-bond acceptors (Lipinski definition) is 3. The Balaban J connectivity index is 1.78. The smallest absolute Gasteiger partial charge is 0.259 e. The second kappa shape index (κ2) is 8.42. The third-order valence-electron chi connectivity index (χ3n) is 2.90. The minimum absolute atomic E-state index is 0.184. The lowest BCUT2D eigenvalue weighted by Gasteiger charge is -2.04. The lowest BCUT2D eigenvalue weighted by Crippen LogP contribution is -2.26. The van der Waals surface area contributed by atoms with Gasteiger partial charge >= 0.3 is 0 Å². The van der Waals surface area contributed by atoms with Crippen LogP contribution in [0.1, 0.15) is 12.5 Å². The van der Waals surface area contributed by atoms with Crippen molar-refractivity contribution in [2.24, 2.45) is 5.10 Å². The Labute approximate surface area is 130 Å². The maximum absolute atomic E-state index is 11.7. The molecular weight excluding hydrogens is 274 g/mol. The van der Waals surface area contributed by atoms with Gasteiger partial charge in [-0.05, 0) is 30.7 Å². The van der Waals surface area contributed by atoms with E-state index < -0.39 is 0 Å². The third kappa shape index (κ3) is 5.63. The number of anilines is 1. The van der Waals surface area contributed by atoms with Gasteiger partial charge < -0.3 is 5.32 Å². The number of hydrazone groups is 1. The fourth-order valence-electron chi connectivity index (χ4n) is 1.75. The topological polar surface area (TPSA) is 53.5 Å². The van der Waals surface area contributed by atoms with E-state index in [-0.39, 0.29) is 12.5 Å². The molecule has 2 N–H and O–H groups in total. The number of allylic oxidation sites excluding steroid dienone is 1. The van der Waals surface area contributed by atoms with Gasteiger partial charge in [-0.15, -0.1) is 0 Å². The van der Waals surface area contributed by atoms with Crippen molar-refractivity contribution in [2.45, 2.75) is 6.92 Å². The SMILES string of the molecule is CC(C=Cc1ccccc1)=NNC(=O)CNc1ccccc1. The first-order valence-electron chi connectivity index (χ1n) is 7.09. The molecule has 0 atom stereocenters. The Morgan fingerprint density at radius 3 is 2.36 bits per heavy atom. The van der Waals surface area contributed by atoms with Gasteiger partial charge in [0.05, 0.1) is 12.3 Å². The molecule has 0 aliphatic rings. The Morgan fingerprint density at radius 1 is 1.05 bits per heavy atom. The Hall–Kier alpha value is -2.88. The quantitative estimate of drug-likeness (QED) is 0.634. The number of hydrogen-bond donors (Lipinski definition) is 2. The Morgan fingerprint density at radius 2 is 1.68 bits per heavy atom. The Bertz CT molecular complexity index is 649. The summed E-state index contributed by atoms with van der Waals surface area (Å²) < 4.78 is 0. The zero-order valence-corrected chi connectivity index (χ0v) is 12.5. The van der Waals surface area contributed by atoms with E-state index in [9.17, 15) is 4.79 Å². The van der Waals surface area contributed by atoms with Crippen LogP contribution in [-0.4, -0.2) is 18.2 Å². The second-order valence-corrected chi connectivity index (χ2v) is 4.75. The van der Waals surface area contributed by atoms with Crippen LogP contribution < -0.4 is 10.7 Å². The molecule has 0 saturated heterocycles. The summed E-state index contributed by atoms with van der Waals surface area (Å²) in [6.07, 6.45) is 3.81. The molecule has 2 aromatic rings. The van der Waals surface area contributed by atoms with Crippen LogP contribution in [0.4, 0.5) is 5.69 Å². The molecule has 0 aliphatic heterocycles. The van der Waals surface area contributed by atoms with E-state index in [1.165, 1.54) is 0 Å². The second-order valence-electron chi connectivity index (χ2n) is 4.75. The van der Waals surface area contributed by atoms with E-state index in [1.807, 2.05) is 79.7 Å². The standard InChI is InChI=1S/C18H19N3O/c1-15(12-13-16-8-4-2-5-9-16)20-21-18(22)14-19-17-10-6-3-7-11-17/h2-13,19H,14H2,1H3,(H,21,22). The molecule has 4 nitrogen and oxygen atoms in total. The van der Waals surface area contributed by atoms with Crippen LogP contribution in [0.3, 0.4) is 0 Å². The highest BCUT2D eigenvalue weighted by molar-refractivity contribution is 5.97. The van der Waals surface area contributed by atoms with E-state index in [0.717, 1.165) is 17.0 Å². The molecule has 0 aromatic heterocycles. The van der Waals surface area contributed by atoms with Crippen LogP contribution in [0.5, 0.6) is 0 Å². The minimum atomic E-state index is -0.184. The van der Waals surface area contributed by atoms with Crippen molar-refractivity contribution in [3.8, 4) is 0 Å². The van der Waals surface area contributed by atoms with Gasteiger partial charge in [0.25, 0.3) is 5.91 Å². The van der Waals surface area contributed by atoms with Crippen LogP contribution >= 0.6 is 0 Å². The third-order valence-corrected chi connectivity index (χ3v) is 2.90. The van der Waals surface area contributed by atoms with Gasteiger partial charge in [0.2, 0.25) is 0 Å². The van der Waals surface area contributed by atoms with Crippen LogP contribution in [0, 0.1) is 0 Å². The molecule has 0 bridgehead atoms. The van der Waals surface area contributed by atoms with Crippen LogP contribution in [0.2, 0.25) is 0 Å². The zero-order valence-electron chi connectivity index (χ0n) is 12.5. The molecule has 1 amide bonds. The van der Waals surface area contributed by atoms with Crippen LogP contribution in [-0.2, 0) is 4.79 Å². The number of nitrogens with one attached hydrogen (secondary N) is 2. The summed E-state index contributed by atoms with van der Waals surface area (Å²) in [6.45, 7) is 2.02. The lowest BCUT2D eigenvalue weighted by molar-refractivity contribution is -0.119. The van der Waals surface area contributed by atoms with E-state index in [2.05, 4.69) is 15.8 Å². The number of rotatable bonds is 6. The number of amides is 1. The first-order valence-corrected chi connectivity index (χ1v) is 7.09. The van der Waals surface area contributed by atoms with Gasteiger partial charge in [-0.3, -0.25) is 4.79 Å². The Kier molecular flexibility index (Phi) is 5.93. The summed E-state index contributed by atoms with van der Waals surface area (Å²) in [4.78, 5) is 11.7. The van der Waals surface area contributed by atoms with Crippen molar-refractivity contribution < 1.29 is 4.79 Å². The highest BCUT2D eigenvalue weighted by Gasteiger charge is 1.99. The fraction of sp³-hybridized carbons (Fsp3) is 0.111. The molecule has 0 fully saturated rings. The number of benzene rings is 2. The van der Waals surface area contributed by atoms with Crippen molar-refractivity contribution in [3.63, 3.8) is 0 Å². The summed E-state index contributed by atoms with van der Waals surface area (Å²) >= 11 is 0. The molecule has 0 saturated carbocycles. The molecule has 0 radical (unpaired) electrons. The number of nitrogens with zero attached hydrogens (tertiary/aromatic N) is 1. The average Bonchev–Trinajstić information content (AvgIpc) is 2.58. The average molecular weight is 293 g/mol. The summed E-state index contributed by atoms with van der Waals surface area (Å²) in [5.41, 5.74) is 5.25. The van der Waals surface area contributed by atoms with Gasteiger partial charge in [0.1, 0.15) is 0 Å². The number of carbonyl (C=O) groups is 1. The molecule has 22 heavy (non-hydrogen) atoms. The van der Waals surface area contributed by atoms with Crippen molar-refractivity contribution in [1.29, 1.82) is 0 Å². The van der Waals surface area contributed by atoms with E-state index in [1.54, 1.807) is 0 Å². The van der Waals surface area contributed by atoms with Crippen LogP contribution in [0.25, 0.3) is 6.08 Å². The zero-order chi connectivity index (χ0) is 15.6. The van der Waals surface area contributed by atoms with Crippen molar-refractivity contribution in [2.75, 3.05) is 11.9 Å². The van der Waals surface area contributed by atoms with Gasteiger partial charge in [-0.1, -0.05) is 54.6 Å². The lowest BCUT2D eigenvalue weighted by atomic mass is 10.2. The first kappa shape index (κ1) is 15.5. The summed E-state index contributed by atoms with van der Waals surface area (Å²) in [7, 11) is 0. The van der Waals surface area contributed by atoms with Gasteiger partial charge in [0.15, 0.2) is 0 Å². The molecule has 0 unspecified atom stereocenters. The van der Waals surface area contributed by atoms with Crippen molar-refractivity contribution in [1.82, 2.24) is 5.43 Å². The molecule has 112 valence electrons. The fourth-order valence-corrected chi connectivity index (χ4v) is 1.75. The van der Waals surface area contributed by atoms with Crippen molar-refractivity contribution in [3.05, 3.63) is 72.3 Å². The predicted octanol–water partition coefficient (Wildman–Crippen LogP) is 3.30. The van der Waals surface area contributed by atoms with E-state index >= 15 is 0 Å². The number of carbonyl (C=O) groups excluding carboxylic acids is 1. The van der Waals surface area contributed by atoms with Gasteiger partial charge in [-0.2, -0.15) is 5.10 Å². The largest absolute Gasteiger partial charge is 0.376 e. The highest BCUT2D eigenvalue weighted by atomic mass is 16.2. The van der Waals surface area contributed by atoms with Gasteiger partial charge in [-0.25, -0.2) is 5.43 Å². The van der Waals surface area contributed by atoms with Crippen LogP contribution in [0.15, 0.2) is 71.8 Å². The highest BCUT2D eigenvalue weighted by Crippen LogP contribution is 2.03. The van der Waals surface area contributed by atoms with Crippen molar-refractivity contribution >= 4 is 23.4 Å². The minimum Gasteiger partial charge on any atom is -0.376 e. The molecule has 2 rings (SSSR count). The molecule has 0 aliphatic carbocycles. The maximum atomic E-state index is 11.7. The number of para-hydroxylation sites is 1. The monoisotopic (exact) mass is 293 g/mol. The molecule has 0 spiro atoms. The first-order chi connectivity index (χ1) is 10.7. The summed E-state index contributed by atoms with van der Waals surface area (Å²) in [5.74, 6) is -0.184. The molecular formula is C18H19N3O.